The molecule has 0 saturated carbocycles. The molecule has 0 spiro atoms. The molecule has 30 heavy (non-hydrogen) atoms. The minimum atomic E-state index is -2.82. The van der Waals surface area contributed by atoms with Crippen LogP contribution in [0.15, 0.2) is 29.3 Å². The number of ether oxygens (including phenoxy) is 1. The zero-order chi connectivity index (χ0) is 21.9. The number of anilines is 1. The molecule has 1 amide bonds. The smallest absolute Gasteiger partial charge is 0.387 e. The molecule has 0 bridgehead atoms. The van der Waals surface area contributed by atoms with Crippen molar-refractivity contribution in [3.05, 3.63) is 24.3 Å². The van der Waals surface area contributed by atoms with Crippen molar-refractivity contribution in [2.45, 2.75) is 46.3 Å². The molecular formula is C21H33F2N5O2. The predicted octanol–water partition coefficient (Wildman–Crippen LogP) is 2.58. The summed E-state index contributed by atoms with van der Waals surface area (Å²) in [6.07, 6.45) is 2.02. The summed E-state index contributed by atoms with van der Waals surface area (Å²) < 4.78 is 29.1. The van der Waals surface area contributed by atoms with Crippen LogP contribution in [0.5, 0.6) is 5.75 Å². The average molecular weight is 426 g/mol. The van der Waals surface area contributed by atoms with Gasteiger partial charge in [0, 0.05) is 43.8 Å². The summed E-state index contributed by atoms with van der Waals surface area (Å²) in [6.45, 7) is 6.33. The van der Waals surface area contributed by atoms with Gasteiger partial charge < -0.3 is 25.6 Å². The van der Waals surface area contributed by atoms with Crippen LogP contribution < -0.4 is 25.6 Å². The molecule has 1 unspecified atom stereocenters. The molecule has 7 nitrogen and oxygen atoms in total. The summed E-state index contributed by atoms with van der Waals surface area (Å²) in [4.78, 5) is 18.4. The molecule has 1 aromatic carbocycles. The van der Waals surface area contributed by atoms with Crippen molar-refractivity contribution in [2.75, 3.05) is 37.6 Å². The second-order valence-electron chi connectivity index (χ2n) is 7.51. The summed E-state index contributed by atoms with van der Waals surface area (Å²) in [7, 11) is 0. The lowest BCUT2D eigenvalue weighted by Gasteiger charge is -2.35. The van der Waals surface area contributed by atoms with E-state index >= 15 is 0 Å². The Morgan fingerprint density at radius 1 is 1.27 bits per heavy atom. The van der Waals surface area contributed by atoms with E-state index < -0.39 is 6.61 Å². The van der Waals surface area contributed by atoms with Gasteiger partial charge in [0.15, 0.2) is 5.96 Å². The van der Waals surface area contributed by atoms with Crippen molar-refractivity contribution in [1.29, 1.82) is 0 Å². The number of halogens is 2. The van der Waals surface area contributed by atoms with Gasteiger partial charge in [-0.2, -0.15) is 8.78 Å². The normalized spacial score (nSPS) is 17.2. The Balaban J connectivity index is 1.89. The van der Waals surface area contributed by atoms with Crippen LogP contribution in [0.25, 0.3) is 0 Å². The highest BCUT2D eigenvalue weighted by atomic mass is 19.3. The summed E-state index contributed by atoms with van der Waals surface area (Å²) in [6, 6.07) is 6.94. The Labute approximate surface area is 177 Å². The number of nitrogens with zero attached hydrogens (tertiary/aromatic N) is 2. The van der Waals surface area contributed by atoms with Gasteiger partial charge in [-0.3, -0.25) is 9.79 Å². The van der Waals surface area contributed by atoms with Crippen LogP contribution >= 0.6 is 0 Å². The second-order valence-corrected chi connectivity index (χ2v) is 7.51. The number of nitrogens with one attached hydrogen (secondary N) is 3. The van der Waals surface area contributed by atoms with Gasteiger partial charge in [0.1, 0.15) is 5.75 Å². The van der Waals surface area contributed by atoms with Crippen LogP contribution in [0.2, 0.25) is 0 Å². The van der Waals surface area contributed by atoms with Gasteiger partial charge in [0.05, 0.1) is 6.54 Å². The zero-order valence-corrected chi connectivity index (χ0v) is 18.0. The Morgan fingerprint density at radius 2 is 2.00 bits per heavy atom. The van der Waals surface area contributed by atoms with Gasteiger partial charge in [-0.1, -0.05) is 13.8 Å². The van der Waals surface area contributed by atoms with Crippen molar-refractivity contribution in [3.63, 3.8) is 0 Å². The molecule has 9 heteroatoms. The third-order valence-corrected chi connectivity index (χ3v) is 4.74. The fraction of sp³-hybridized carbons (Fsp3) is 0.619. The van der Waals surface area contributed by atoms with E-state index in [1.165, 1.54) is 0 Å². The Bertz CT molecular complexity index is 682. The monoisotopic (exact) mass is 425 g/mol. The quantitative estimate of drug-likeness (QED) is 0.322. The number of guanidine groups is 1. The lowest BCUT2D eigenvalue weighted by molar-refractivity contribution is -0.123. The molecule has 0 aliphatic carbocycles. The van der Waals surface area contributed by atoms with E-state index in [-0.39, 0.29) is 23.6 Å². The molecular weight excluding hydrogens is 392 g/mol. The zero-order valence-electron chi connectivity index (χ0n) is 18.0. The SMILES string of the molecule is CCNC(=NCCNC(=O)C(C)C)NC1CCCN(c2ccc(OC(F)F)cc2)C1. The molecule has 2 rings (SSSR count). The van der Waals surface area contributed by atoms with Crippen molar-refractivity contribution in [1.82, 2.24) is 16.0 Å². The molecule has 3 N–H and O–H groups in total. The van der Waals surface area contributed by atoms with Crippen LogP contribution in [0.1, 0.15) is 33.6 Å². The minimum Gasteiger partial charge on any atom is -0.435 e. The topological polar surface area (TPSA) is 78.0 Å². The maximum atomic E-state index is 12.3. The van der Waals surface area contributed by atoms with Crippen molar-refractivity contribution in [2.24, 2.45) is 10.9 Å². The van der Waals surface area contributed by atoms with Crippen LogP contribution in [-0.4, -0.2) is 57.2 Å². The number of carbonyl (C=O) groups excluding carboxylic acids is 1. The molecule has 1 aliphatic heterocycles. The molecule has 1 aliphatic rings. The van der Waals surface area contributed by atoms with Crippen LogP contribution in [0.3, 0.4) is 0 Å². The molecule has 1 fully saturated rings. The summed E-state index contributed by atoms with van der Waals surface area (Å²) in [5.41, 5.74) is 0.974. The number of benzene rings is 1. The van der Waals surface area contributed by atoms with Crippen LogP contribution in [-0.2, 0) is 4.79 Å². The Hall–Kier alpha value is -2.58. The van der Waals surface area contributed by atoms with Crippen molar-refractivity contribution < 1.29 is 18.3 Å². The van der Waals surface area contributed by atoms with Gasteiger partial charge in [-0.15, -0.1) is 0 Å². The molecule has 1 atom stereocenters. The first-order chi connectivity index (χ1) is 14.4. The van der Waals surface area contributed by atoms with Crippen molar-refractivity contribution in [3.8, 4) is 5.75 Å². The van der Waals surface area contributed by atoms with Gasteiger partial charge in [0.25, 0.3) is 0 Å². The molecule has 1 saturated heterocycles. The third kappa shape index (κ3) is 8.04. The maximum absolute atomic E-state index is 12.3. The Kier molecular flexibility index (Phi) is 9.63. The lowest BCUT2D eigenvalue weighted by Crippen LogP contribution is -2.51. The summed E-state index contributed by atoms with van der Waals surface area (Å²) in [5, 5.41) is 9.57. The first kappa shape index (κ1) is 23.7. The molecule has 0 aromatic heterocycles. The lowest BCUT2D eigenvalue weighted by atomic mass is 10.0. The molecule has 1 heterocycles. The van der Waals surface area contributed by atoms with E-state index in [2.05, 4.69) is 30.6 Å². The number of rotatable bonds is 9. The second kappa shape index (κ2) is 12.2. The number of alkyl halides is 2. The van der Waals surface area contributed by atoms with Gasteiger partial charge in [-0.25, -0.2) is 0 Å². The molecule has 168 valence electrons. The number of carbonyl (C=O) groups is 1. The first-order valence-corrected chi connectivity index (χ1v) is 10.5. The van der Waals surface area contributed by atoms with E-state index in [0.717, 1.165) is 44.1 Å². The van der Waals surface area contributed by atoms with E-state index in [9.17, 15) is 13.6 Å². The first-order valence-electron chi connectivity index (χ1n) is 10.5. The standard InChI is InChI=1S/C21H33F2N5O2/c1-4-24-21(26-12-11-25-19(29)15(2)3)27-16-6-5-13-28(14-16)17-7-9-18(10-8-17)30-20(22)23/h7-10,15-16,20H,4-6,11-14H2,1-3H3,(H,25,29)(H2,24,26,27). The summed E-state index contributed by atoms with van der Waals surface area (Å²) in [5.74, 6) is 0.871. The highest BCUT2D eigenvalue weighted by Crippen LogP contribution is 2.23. The maximum Gasteiger partial charge on any atom is 0.387 e. The third-order valence-electron chi connectivity index (χ3n) is 4.74. The Morgan fingerprint density at radius 3 is 2.63 bits per heavy atom. The fourth-order valence-electron chi connectivity index (χ4n) is 3.23. The van der Waals surface area contributed by atoms with Crippen molar-refractivity contribution >= 4 is 17.6 Å². The van der Waals surface area contributed by atoms with Gasteiger partial charge in [-0.05, 0) is 44.0 Å². The number of amides is 1. The van der Waals surface area contributed by atoms with E-state index in [0.29, 0.717) is 13.1 Å². The number of aliphatic imine (C=N–C) groups is 1. The highest BCUT2D eigenvalue weighted by Gasteiger charge is 2.21. The highest BCUT2D eigenvalue weighted by molar-refractivity contribution is 5.80. The number of hydrogen-bond acceptors (Lipinski definition) is 4. The van der Waals surface area contributed by atoms with Gasteiger partial charge >= 0.3 is 6.61 Å². The van der Waals surface area contributed by atoms with Crippen LogP contribution in [0, 0.1) is 5.92 Å². The molecule has 0 radical (unpaired) electrons. The fourth-order valence-corrected chi connectivity index (χ4v) is 3.23. The number of piperidine rings is 1. The predicted molar refractivity (Wildman–Crippen MR) is 115 cm³/mol. The number of hydrogen-bond donors (Lipinski definition) is 3. The largest absolute Gasteiger partial charge is 0.435 e. The van der Waals surface area contributed by atoms with Gasteiger partial charge in [0.2, 0.25) is 5.91 Å². The van der Waals surface area contributed by atoms with E-state index in [4.69, 9.17) is 0 Å². The van der Waals surface area contributed by atoms with E-state index in [1.54, 1.807) is 24.3 Å². The van der Waals surface area contributed by atoms with Crippen LogP contribution in [0.4, 0.5) is 14.5 Å². The minimum absolute atomic E-state index is 0.0241. The van der Waals surface area contributed by atoms with E-state index in [1.807, 2.05) is 20.8 Å². The summed E-state index contributed by atoms with van der Waals surface area (Å²) >= 11 is 0. The molecule has 1 aromatic rings. The average Bonchev–Trinajstić information content (AvgIpc) is 2.71.